The average Bonchev–Trinajstić information content (AvgIpc) is 2.79. The van der Waals surface area contributed by atoms with Gasteiger partial charge in [-0.2, -0.15) is 5.10 Å². The van der Waals surface area contributed by atoms with Gasteiger partial charge in [-0.05, 0) is 36.6 Å². The zero-order valence-corrected chi connectivity index (χ0v) is 12.1. The summed E-state index contributed by atoms with van der Waals surface area (Å²) >= 11 is 0. The van der Waals surface area contributed by atoms with Crippen LogP contribution in [0.5, 0.6) is 0 Å². The predicted molar refractivity (Wildman–Crippen MR) is 80.5 cm³/mol. The fourth-order valence-electron chi connectivity index (χ4n) is 2.17. The summed E-state index contributed by atoms with van der Waals surface area (Å²) in [6, 6.07) is 9.70. The molecule has 0 radical (unpaired) electrons. The second-order valence-corrected chi connectivity index (χ2v) is 5.06. The quantitative estimate of drug-likeness (QED) is 0.820. The maximum absolute atomic E-state index is 12.0. The molecule has 2 N–H and O–H groups in total. The Morgan fingerprint density at radius 2 is 2.00 bits per heavy atom. The van der Waals surface area contributed by atoms with E-state index in [0.29, 0.717) is 12.8 Å². The van der Waals surface area contributed by atoms with Crippen molar-refractivity contribution in [2.75, 3.05) is 5.73 Å². The lowest BCUT2D eigenvalue weighted by molar-refractivity contribution is -0.118. The van der Waals surface area contributed by atoms with Gasteiger partial charge in [0.25, 0.3) is 0 Å². The van der Waals surface area contributed by atoms with Crippen LogP contribution in [-0.4, -0.2) is 15.6 Å². The number of rotatable bonds is 6. The number of hydrogen-bond acceptors (Lipinski definition) is 3. The van der Waals surface area contributed by atoms with Gasteiger partial charge in [0.05, 0.1) is 5.69 Å². The molecule has 0 amide bonds. The first-order valence-corrected chi connectivity index (χ1v) is 6.96. The highest BCUT2D eigenvalue weighted by molar-refractivity contribution is 5.80. The Morgan fingerprint density at radius 3 is 2.60 bits per heavy atom. The molecule has 0 fully saturated rings. The Labute approximate surface area is 119 Å². The van der Waals surface area contributed by atoms with E-state index in [4.69, 9.17) is 5.73 Å². The molecule has 106 valence electrons. The minimum absolute atomic E-state index is 0.243. The van der Waals surface area contributed by atoms with E-state index in [1.54, 1.807) is 4.68 Å². The molecule has 0 atom stereocenters. The highest BCUT2D eigenvalue weighted by Gasteiger charge is 2.09. The summed E-state index contributed by atoms with van der Waals surface area (Å²) in [5.41, 5.74) is 9.56. The fourth-order valence-corrected chi connectivity index (χ4v) is 2.17. The third-order valence-corrected chi connectivity index (χ3v) is 3.44. The van der Waals surface area contributed by atoms with E-state index < -0.39 is 0 Å². The maximum atomic E-state index is 12.0. The van der Waals surface area contributed by atoms with Crippen LogP contribution in [0.3, 0.4) is 0 Å². The summed E-state index contributed by atoms with van der Waals surface area (Å²) < 4.78 is 1.81. The van der Waals surface area contributed by atoms with Crippen LogP contribution in [0.15, 0.2) is 30.3 Å². The number of nitrogens with zero attached hydrogens (tertiary/aromatic N) is 2. The van der Waals surface area contributed by atoms with E-state index in [2.05, 4.69) is 12.0 Å². The van der Waals surface area contributed by atoms with Gasteiger partial charge < -0.3 is 5.73 Å². The molecular weight excluding hydrogens is 250 g/mol. The summed E-state index contributed by atoms with van der Waals surface area (Å²) in [6.45, 7) is 2.06. The minimum atomic E-state index is 0.243. The van der Waals surface area contributed by atoms with Crippen molar-refractivity contribution < 1.29 is 4.79 Å². The summed E-state index contributed by atoms with van der Waals surface area (Å²) in [7, 11) is 1.89. The van der Waals surface area contributed by atoms with Crippen LogP contribution in [0.4, 0.5) is 5.69 Å². The number of nitrogens with two attached hydrogens (primary N) is 1. The Bertz CT molecular complexity index is 584. The first-order valence-electron chi connectivity index (χ1n) is 6.96. The van der Waals surface area contributed by atoms with Crippen LogP contribution in [-0.2, 0) is 31.1 Å². The number of nitrogen functional groups attached to an aromatic ring is 1. The van der Waals surface area contributed by atoms with Crippen molar-refractivity contribution in [2.45, 2.75) is 32.6 Å². The van der Waals surface area contributed by atoms with E-state index >= 15 is 0 Å². The standard InChI is InChI=1S/C16H21N3O/c1-3-14-10-15(19(2)18-14)11-16(20)9-6-12-4-7-13(17)8-5-12/h4-5,7-8,10H,3,6,9,11,17H2,1-2H3. The predicted octanol–water partition coefficient (Wildman–Crippen LogP) is 2.31. The molecule has 0 aliphatic heterocycles. The van der Waals surface area contributed by atoms with Gasteiger partial charge in [0.1, 0.15) is 5.78 Å². The second kappa shape index (κ2) is 6.37. The van der Waals surface area contributed by atoms with Crippen molar-refractivity contribution in [1.82, 2.24) is 9.78 Å². The van der Waals surface area contributed by atoms with Gasteiger partial charge in [-0.1, -0.05) is 19.1 Å². The van der Waals surface area contributed by atoms with E-state index in [1.807, 2.05) is 37.4 Å². The number of carbonyl (C=O) groups excluding carboxylic acids is 1. The minimum Gasteiger partial charge on any atom is -0.399 e. The molecule has 0 bridgehead atoms. The Kier molecular flexibility index (Phi) is 4.56. The van der Waals surface area contributed by atoms with Crippen LogP contribution >= 0.6 is 0 Å². The number of ketones is 1. The Hall–Kier alpha value is -2.10. The van der Waals surface area contributed by atoms with Crippen LogP contribution in [0.25, 0.3) is 0 Å². The van der Waals surface area contributed by atoms with Gasteiger partial charge in [0.15, 0.2) is 0 Å². The largest absolute Gasteiger partial charge is 0.399 e. The van der Waals surface area contributed by atoms with Crippen molar-refractivity contribution >= 4 is 11.5 Å². The molecule has 0 aliphatic rings. The normalized spacial score (nSPS) is 10.7. The zero-order chi connectivity index (χ0) is 14.5. The molecule has 0 aliphatic carbocycles. The maximum Gasteiger partial charge on any atom is 0.139 e. The molecule has 2 aromatic rings. The molecule has 1 aromatic heterocycles. The third kappa shape index (κ3) is 3.70. The molecule has 0 unspecified atom stereocenters. The van der Waals surface area contributed by atoms with Crippen molar-refractivity contribution in [3.63, 3.8) is 0 Å². The van der Waals surface area contributed by atoms with Crippen molar-refractivity contribution in [3.05, 3.63) is 47.3 Å². The molecule has 4 nitrogen and oxygen atoms in total. The van der Waals surface area contributed by atoms with Crippen LogP contribution in [0.2, 0.25) is 0 Å². The fraction of sp³-hybridized carbons (Fsp3) is 0.375. The molecule has 0 spiro atoms. The van der Waals surface area contributed by atoms with Crippen LogP contribution < -0.4 is 5.73 Å². The van der Waals surface area contributed by atoms with E-state index in [9.17, 15) is 4.79 Å². The van der Waals surface area contributed by atoms with Crippen LogP contribution in [0, 0.1) is 0 Å². The number of anilines is 1. The average molecular weight is 271 g/mol. The summed E-state index contributed by atoms with van der Waals surface area (Å²) in [5, 5.41) is 4.36. The van der Waals surface area contributed by atoms with Gasteiger partial charge in [0, 0.05) is 31.3 Å². The van der Waals surface area contributed by atoms with E-state index in [0.717, 1.165) is 35.5 Å². The molecular formula is C16H21N3O. The number of aryl methyl sites for hydroxylation is 3. The highest BCUT2D eigenvalue weighted by Crippen LogP contribution is 2.10. The molecule has 4 heteroatoms. The van der Waals surface area contributed by atoms with Gasteiger partial charge in [-0.3, -0.25) is 9.48 Å². The highest BCUT2D eigenvalue weighted by atomic mass is 16.1. The van der Waals surface area contributed by atoms with Gasteiger partial charge in [0.2, 0.25) is 0 Å². The SMILES string of the molecule is CCc1cc(CC(=O)CCc2ccc(N)cc2)n(C)n1. The number of benzene rings is 1. The number of Topliss-reactive ketones (excluding diaryl/α,β-unsaturated/α-hetero) is 1. The first kappa shape index (κ1) is 14.3. The van der Waals surface area contributed by atoms with Gasteiger partial charge in [-0.25, -0.2) is 0 Å². The topological polar surface area (TPSA) is 60.9 Å². The molecule has 1 heterocycles. The third-order valence-electron chi connectivity index (χ3n) is 3.44. The zero-order valence-electron chi connectivity index (χ0n) is 12.1. The van der Waals surface area contributed by atoms with Crippen molar-refractivity contribution in [2.24, 2.45) is 7.05 Å². The summed E-state index contributed by atoms with van der Waals surface area (Å²) in [4.78, 5) is 12.0. The lowest BCUT2D eigenvalue weighted by Crippen LogP contribution is -2.08. The van der Waals surface area contributed by atoms with Gasteiger partial charge in [-0.15, -0.1) is 0 Å². The molecule has 20 heavy (non-hydrogen) atoms. The molecule has 2 rings (SSSR count). The van der Waals surface area contributed by atoms with Crippen LogP contribution in [0.1, 0.15) is 30.3 Å². The van der Waals surface area contributed by atoms with Gasteiger partial charge >= 0.3 is 0 Å². The first-order chi connectivity index (χ1) is 9.58. The number of aromatic nitrogens is 2. The van der Waals surface area contributed by atoms with Crippen molar-refractivity contribution in [1.29, 1.82) is 0 Å². The lowest BCUT2D eigenvalue weighted by atomic mass is 10.0. The number of carbonyl (C=O) groups is 1. The second-order valence-electron chi connectivity index (χ2n) is 5.06. The van der Waals surface area contributed by atoms with E-state index in [1.165, 1.54) is 0 Å². The van der Waals surface area contributed by atoms with E-state index in [-0.39, 0.29) is 5.78 Å². The van der Waals surface area contributed by atoms with Crippen molar-refractivity contribution in [3.8, 4) is 0 Å². The number of hydrogen-bond donors (Lipinski definition) is 1. The Morgan fingerprint density at radius 1 is 1.30 bits per heavy atom. The Balaban J connectivity index is 1.89. The molecule has 0 saturated heterocycles. The summed E-state index contributed by atoms with van der Waals surface area (Å²) in [6.07, 6.45) is 2.67. The summed E-state index contributed by atoms with van der Waals surface area (Å²) in [5.74, 6) is 0.243. The smallest absolute Gasteiger partial charge is 0.139 e. The monoisotopic (exact) mass is 271 g/mol. The molecule has 1 aromatic carbocycles. The lowest BCUT2D eigenvalue weighted by Gasteiger charge is -2.03. The molecule has 0 saturated carbocycles.